The second kappa shape index (κ2) is 5.40. The summed E-state index contributed by atoms with van der Waals surface area (Å²) in [4.78, 5) is 0. The third kappa shape index (κ3) is 31.8. The summed E-state index contributed by atoms with van der Waals surface area (Å²) in [7, 11) is 10.4. The highest BCUT2D eigenvalue weighted by atomic mass is 35.7. The Balaban J connectivity index is -0.0000000450. The van der Waals surface area contributed by atoms with Gasteiger partial charge in [0.1, 0.15) is 0 Å². The molecule has 0 nitrogen and oxygen atoms in total. The first-order valence-corrected chi connectivity index (χ1v) is 5.66. The highest BCUT2D eigenvalue weighted by molar-refractivity contribution is 7.33. The Labute approximate surface area is 52.1 Å². The first-order valence-electron chi connectivity index (χ1n) is 1.01. The quantitative estimate of drug-likeness (QED) is 0.376. The van der Waals surface area contributed by atoms with E-state index in [1.807, 2.05) is 5.79 Å². The zero-order valence-electron chi connectivity index (χ0n) is 3.71. The summed E-state index contributed by atoms with van der Waals surface area (Å²) in [5.41, 5.74) is 0. The normalized spacial score (nSPS) is 5.40. The summed E-state index contributed by atoms with van der Waals surface area (Å²) >= 11 is -1.19. The molecule has 0 aromatic rings. The number of hydrogen-bond acceptors (Lipinski definition) is 0. The van der Waals surface area contributed by atoms with Gasteiger partial charge in [-0.25, -0.2) is 20.1 Å². The van der Waals surface area contributed by atoms with E-state index in [0.29, 0.717) is 0 Å². The number of halogens is 3. The van der Waals surface area contributed by atoms with Crippen molar-refractivity contribution in [3.63, 3.8) is 0 Å². The third-order valence-corrected chi connectivity index (χ3v) is 0. The maximum Gasteiger partial charge on any atom is 1.00 e. The van der Waals surface area contributed by atoms with Crippen molar-refractivity contribution in [3.8, 4) is 0 Å². The first kappa shape index (κ1) is 9.64. The summed E-state index contributed by atoms with van der Waals surface area (Å²) in [6, 6.07) is 0. The topological polar surface area (TPSA) is 0 Å². The van der Waals surface area contributed by atoms with Gasteiger partial charge >= 0.3 is 13.7 Å². The average molecular weight is 149 g/mol. The molecule has 0 saturated carbocycles. The van der Waals surface area contributed by atoms with Gasteiger partial charge in [-0.05, 0) is 0 Å². The lowest BCUT2D eigenvalue weighted by Crippen LogP contribution is -3.00. The van der Waals surface area contributed by atoms with E-state index in [2.05, 4.69) is 0 Å². The molecule has 0 bridgehead atoms. The van der Waals surface area contributed by atoms with Gasteiger partial charge in [0.25, 0.3) is 0 Å². The van der Waals surface area contributed by atoms with Crippen LogP contribution in [0.5, 0.6) is 0 Å². The Morgan fingerprint density at radius 1 is 1.60 bits per heavy atom. The largest absolute Gasteiger partial charge is 1.00 e. The molecule has 0 aromatic heterocycles. The van der Waals surface area contributed by atoms with Crippen LogP contribution < -0.4 is 12.4 Å². The molecule has 32 valence electrons. The molecular formula is CH4AlCl3. The summed E-state index contributed by atoms with van der Waals surface area (Å²) in [6.45, 7) is 0. The molecule has 0 aliphatic heterocycles. The van der Waals surface area contributed by atoms with E-state index < -0.39 is 12.3 Å². The molecule has 0 saturated heterocycles. The van der Waals surface area contributed by atoms with Gasteiger partial charge in [0.05, 0.1) is 0 Å². The molecule has 0 fully saturated rings. The van der Waals surface area contributed by atoms with Crippen molar-refractivity contribution in [2.45, 2.75) is 5.79 Å². The number of hydrogen-bond donors (Lipinski definition) is 0. The van der Waals surface area contributed by atoms with Gasteiger partial charge in [0, 0.05) is 0 Å². The molecule has 0 N–H and O–H groups in total. The van der Waals surface area contributed by atoms with Crippen LogP contribution in [0.15, 0.2) is 0 Å². The van der Waals surface area contributed by atoms with E-state index in [1.165, 1.54) is 0 Å². The van der Waals surface area contributed by atoms with Crippen LogP contribution in [0.2, 0.25) is 5.79 Å². The van der Waals surface area contributed by atoms with Gasteiger partial charge < -0.3 is 12.4 Å². The molecule has 5 heavy (non-hydrogen) atoms. The molecule has 4 heteroatoms. The van der Waals surface area contributed by atoms with Crippen molar-refractivity contribution < 1.29 is 13.8 Å². The van der Waals surface area contributed by atoms with E-state index in [9.17, 15) is 0 Å². The lowest BCUT2D eigenvalue weighted by Gasteiger charge is -1.60. The minimum atomic E-state index is -1.19. The molecule has 0 unspecified atom stereocenters. The smallest absolute Gasteiger partial charge is 1.00 e. The van der Waals surface area contributed by atoms with Crippen LogP contribution in [-0.2, 0) is 0 Å². The van der Waals surface area contributed by atoms with E-state index >= 15 is 0 Å². The van der Waals surface area contributed by atoms with Gasteiger partial charge in [0.15, 0.2) is 0 Å². The Bertz CT molecular complexity index is 15.5. The molecule has 0 amide bonds. The number of rotatable bonds is 0. The first-order chi connectivity index (χ1) is 1.73. The van der Waals surface area contributed by atoms with Crippen LogP contribution in [0, 0.1) is 0 Å². The van der Waals surface area contributed by atoms with Crippen molar-refractivity contribution in [1.82, 2.24) is 0 Å². The Morgan fingerprint density at radius 2 is 1.60 bits per heavy atom. The van der Waals surface area contributed by atoms with E-state index in [1.54, 1.807) is 0 Å². The van der Waals surface area contributed by atoms with Crippen molar-refractivity contribution in [1.29, 1.82) is 0 Å². The monoisotopic (exact) mass is 148 g/mol. The molecular weight excluding hydrogens is 145 g/mol. The van der Waals surface area contributed by atoms with Crippen LogP contribution in [0.4, 0.5) is 0 Å². The lowest BCUT2D eigenvalue weighted by atomic mass is 11.9. The predicted molar refractivity (Wildman–Crippen MR) is 24.4 cm³/mol. The van der Waals surface area contributed by atoms with Crippen LogP contribution in [0.3, 0.4) is 0 Å². The zero-order valence-corrected chi connectivity index (χ0v) is 6.13. The lowest BCUT2D eigenvalue weighted by molar-refractivity contribution is -0.000000729. The standard InChI is InChI=1S/CH3.Al.3ClH/h1H3;;3*1H/q;+2;;;/p-2. The summed E-state index contributed by atoms with van der Waals surface area (Å²) < 4.78 is 0. The molecule has 0 rings (SSSR count). The zero-order chi connectivity index (χ0) is 3.58. The third-order valence-electron chi connectivity index (χ3n) is 0. The Morgan fingerprint density at radius 3 is 1.60 bits per heavy atom. The molecule has 0 atom stereocenters. The van der Waals surface area contributed by atoms with Gasteiger partial charge in [-0.1, -0.05) is 5.79 Å². The minimum Gasteiger partial charge on any atom is -1.00 e. The van der Waals surface area contributed by atoms with Gasteiger partial charge in [-0.3, -0.25) is 0 Å². The fraction of sp³-hybridized carbons (Fsp3) is 1.00. The van der Waals surface area contributed by atoms with Gasteiger partial charge in [0.2, 0.25) is 0 Å². The van der Waals surface area contributed by atoms with Crippen molar-refractivity contribution in [2.24, 2.45) is 0 Å². The van der Waals surface area contributed by atoms with E-state index in [-0.39, 0.29) is 13.8 Å². The highest BCUT2D eigenvalue weighted by Crippen LogP contribution is 1.89. The molecule has 0 aliphatic rings. The summed E-state index contributed by atoms with van der Waals surface area (Å²) in [5, 5.41) is 0. The predicted octanol–water partition coefficient (Wildman–Crippen LogP) is -1.30. The van der Waals surface area contributed by atoms with Crippen LogP contribution in [-0.4, -0.2) is 12.3 Å². The molecule has 0 heterocycles. The summed E-state index contributed by atoms with van der Waals surface area (Å²) in [5.74, 6) is 1.84. The molecule has 0 aromatic carbocycles. The fourth-order valence-corrected chi connectivity index (χ4v) is 0. The SMILES string of the molecule is [CH3][Al]([Cl])[Cl].[Cl-].[H+]. The van der Waals surface area contributed by atoms with Crippen LogP contribution in [0.25, 0.3) is 0 Å². The summed E-state index contributed by atoms with van der Waals surface area (Å²) in [6.07, 6.45) is 0. The second-order valence-electron chi connectivity index (χ2n) is 0.519. The van der Waals surface area contributed by atoms with Crippen molar-refractivity contribution >= 4 is 32.4 Å². The average Bonchev–Trinajstić information content (AvgIpc) is 0.811. The Kier molecular flexibility index (Phi) is 10.4. The van der Waals surface area contributed by atoms with Crippen molar-refractivity contribution in [2.75, 3.05) is 0 Å². The van der Waals surface area contributed by atoms with Crippen LogP contribution in [0.1, 0.15) is 1.43 Å². The van der Waals surface area contributed by atoms with Crippen LogP contribution >= 0.6 is 20.1 Å². The second-order valence-corrected chi connectivity index (χ2v) is 6.15. The fourth-order valence-electron chi connectivity index (χ4n) is 0. The van der Waals surface area contributed by atoms with E-state index in [0.717, 1.165) is 0 Å². The molecule has 0 spiro atoms. The van der Waals surface area contributed by atoms with Crippen molar-refractivity contribution in [3.05, 3.63) is 0 Å². The van der Waals surface area contributed by atoms with Gasteiger partial charge in [-0.2, -0.15) is 0 Å². The van der Waals surface area contributed by atoms with Gasteiger partial charge in [-0.15, -0.1) is 0 Å². The Hall–Kier alpha value is 1.40. The van der Waals surface area contributed by atoms with E-state index in [4.69, 9.17) is 20.1 Å². The molecule has 0 radical (unpaired) electrons. The maximum absolute atomic E-state index is 5.18. The maximum atomic E-state index is 5.18. The molecule has 0 aliphatic carbocycles. The minimum absolute atomic E-state index is 0. The highest BCUT2D eigenvalue weighted by Gasteiger charge is 1.94.